The van der Waals surface area contributed by atoms with Crippen molar-refractivity contribution in [1.82, 2.24) is 0 Å². The lowest BCUT2D eigenvalue weighted by Gasteiger charge is -2.11. The Hall–Kier alpha value is -1.44. The molecule has 0 N–H and O–H groups in total. The van der Waals surface area contributed by atoms with Gasteiger partial charge in [-0.25, -0.2) is 0 Å². The Morgan fingerprint density at radius 1 is 1.27 bits per heavy atom. The highest BCUT2D eigenvalue weighted by Crippen LogP contribution is 2.28. The maximum Gasteiger partial charge on any atom is 0.291 e. The average molecular weight is 208 g/mol. The Morgan fingerprint density at radius 2 is 1.87 bits per heavy atom. The van der Waals surface area contributed by atoms with E-state index in [1.807, 2.05) is 19.1 Å². The maximum absolute atomic E-state index is 13.1. The first-order valence-electron chi connectivity index (χ1n) is 4.82. The van der Waals surface area contributed by atoms with Crippen LogP contribution < -0.4 is 0 Å². The molecule has 1 aromatic rings. The van der Waals surface area contributed by atoms with Crippen LogP contribution >= 0.6 is 0 Å². The minimum Gasteiger partial charge on any atom is -0.197 e. The van der Waals surface area contributed by atoms with Gasteiger partial charge in [-0.05, 0) is 25.0 Å². The molecule has 0 bridgehead atoms. The van der Waals surface area contributed by atoms with Gasteiger partial charge in [-0.3, -0.25) is 0 Å². The summed E-state index contributed by atoms with van der Waals surface area (Å²) in [7, 11) is 0. The number of alkyl halides is 2. The predicted octanol–water partition coefficient (Wildman–Crippen LogP) is 4.08. The van der Waals surface area contributed by atoms with Gasteiger partial charge in [-0.2, -0.15) is 8.78 Å². The zero-order chi connectivity index (χ0) is 11.3. The largest absolute Gasteiger partial charge is 0.291 e. The summed E-state index contributed by atoms with van der Waals surface area (Å²) in [6.07, 6.45) is 5.36. The molecule has 0 atom stereocenters. The van der Waals surface area contributed by atoms with Crippen molar-refractivity contribution in [2.75, 3.05) is 0 Å². The SMILES string of the molecule is C=CC(F)(F)c1ccc(C/C=C/C)cc1. The molecule has 80 valence electrons. The minimum absolute atomic E-state index is 0.0123. The lowest BCUT2D eigenvalue weighted by molar-refractivity contribution is 0.0525. The molecule has 0 saturated heterocycles. The van der Waals surface area contributed by atoms with Crippen LogP contribution in [0.2, 0.25) is 0 Å². The molecule has 15 heavy (non-hydrogen) atoms. The second-order valence-corrected chi connectivity index (χ2v) is 3.30. The van der Waals surface area contributed by atoms with Gasteiger partial charge in [-0.15, -0.1) is 0 Å². The van der Waals surface area contributed by atoms with E-state index in [0.29, 0.717) is 6.08 Å². The van der Waals surface area contributed by atoms with E-state index >= 15 is 0 Å². The lowest BCUT2D eigenvalue weighted by Crippen LogP contribution is -2.08. The molecule has 0 amide bonds. The predicted molar refractivity (Wildman–Crippen MR) is 59.1 cm³/mol. The summed E-state index contributed by atoms with van der Waals surface area (Å²) < 4.78 is 26.3. The molecule has 0 spiro atoms. The van der Waals surface area contributed by atoms with Crippen molar-refractivity contribution < 1.29 is 8.78 Å². The first-order chi connectivity index (χ1) is 7.10. The first kappa shape index (κ1) is 11.6. The molecule has 1 rings (SSSR count). The third-order valence-corrected chi connectivity index (χ3v) is 2.18. The summed E-state index contributed by atoms with van der Waals surface area (Å²) in [6, 6.07) is 6.32. The highest BCUT2D eigenvalue weighted by Gasteiger charge is 2.26. The van der Waals surface area contributed by atoms with Gasteiger partial charge >= 0.3 is 0 Å². The van der Waals surface area contributed by atoms with Crippen LogP contribution in [0.25, 0.3) is 0 Å². The fraction of sp³-hybridized carbons (Fsp3) is 0.231. The van der Waals surface area contributed by atoms with Crippen LogP contribution in [0, 0.1) is 0 Å². The van der Waals surface area contributed by atoms with Crippen molar-refractivity contribution in [3.63, 3.8) is 0 Å². The standard InChI is InChI=1S/C13H14F2/c1-3-5-6-11-7-9-12(10-8-11)13(14,15)4-2/h3-5,7-10H,2,6H2,1H3/b5-3+. The van der Waals surface area contributed by atoms with Gasteiger partial charge in [0, 0.05) is 5.56 Å². The fourth-order valence-electron chi connectivity index (χ4n) is 1.23. The molecule has 0 aliphatic heterocycles. The summed E-state index contributed by atoms with van der Waals surface area (Å²) >= 11 is 0. The van der Waals surface area contributed by atoms with E-state index in [1.54, 1.807) is 12.1 Å². The van der Waals surface area contributed by atoms with E-state index in [1.165, 1.54) is 12.1 Å². The number of halogens is 2. The molecule has 1 aromatic carbocycles. The molecule has 0 aromatic heterocycles. The van der Waals surface area contributed by atoms with E-state index in [-0.39, 0.29) is 5.56 Å². The van der Waals surface area contributed by atoms with E-state index in [9.17, 15) is 8.78 Å². The second kappa shape index (κ2) is 4.87. The van der Waals surface area contributed by atoms with Gasteiger partial charge < -0.3 is 0 Å². The summed E-state index contributed by atoms with van der Waals surface area (Å²) in [5.41, 5.74) is 1.01. The molecule has 0 fully saturated rings. The van der Waals surface area contributed by atoms with Crippen molar-refractivity contribution >= 4 is 0 Å². The van der Waals surface area contributed by atoms with Crippen molar-refractivity contribution in [1.29, 1.82) is 0 Å². The Bertz CT molecular complexity index is 347. The summed E-state index contributed by atoms with van der Waals surface area (Å²) in [4.78, 5) is 0. The highest BCUT2D eigenvalue weighted by molar-refractivity contribution is 5.29. The molecular formula is C13H14F2. The molecule has 0 heterocycles. The van der Waals surface area contributed by atoms with Crippen molar-refractivity contribution in [2.24, 2.45) is 0 Å². The molecule has 2 heteroatoms. The van der Waals surface area contributed by atoms with Crippen molar-refractivity contribution in [2.45, 2.75) is 19.3 Å². The molecule has 0 aliphatic rings. The maximum atomic E-state index is 13.1. The second-order valence-electron chi connectivity index (χ2n) is 3.30. The van der Waals surface area contributed by atoms with Gasteiger partial charge in [0.2, 0.25) is 0 Å². The molecule has 0 unspecified atom stereocenters. The first-order valence-corrected chi connectivity index (χ1v) is 4.82. The Kier molecular flexibility index (Phi) is 3.78. The Balaban J connectivity index is 2.85. The topological polar surface area (TPSA) is 0 Å². The van der Waals surface area contributed by atoms with Gasteiger partial charge in [0.05, 0.1) is 0 Å². The van der Waals surface area contributed by atoms with Gasteiger partial charge in [-0.1, -0.05) is 43.0 Å². The van der Waals surface area contributed by atoms with E-state index in [4.69, 9.17) is 0 Å². The molecule has 0 radical (unpaired) electrons. The summed E-state index contributed by atoms with van der Waals surface area (Å²) in [6.45, 7) is 5.05. The minimum atomic E-state index is -2.93. The highest BCUT2D eigenvalue weighted by atomic mass is 19.3. The van der Waals surface area contributed by atoms with Crippen LogP contribution in [0.1, 0.15) is 18.1 Å². The molecule has 0 saturated carbocycles. The third kappa shape index (κ3) is 3.01. The quantitative estimate of drug-likeness (QED) is 0.654. The van der Waals surface area contributed by atoms with Gasteiger partial charge in [0.15, 0.2) is 0 Å². The van der Waals surface area contributed by atoms with Crippen LogP contribution in [-0.2, 0) is 12.3 Å². The fourth-order valence-corrected chi connectivity index (χ4v) is 1.23. The third-order valence-electron chi connectivity index (χ3n) is 2.18. The van der Waals surface area contributed by atoms with Gasteiger partial charge in [0.1, 0.15) is 0 Å². The van der Waals surface area contributed by atoms with Crippen molar-refractivity contribution in [3.8, 4) is 0 Å². The zero-order valence-corrected chi connectivity index (χ0v) is 8.71. The van der Waals surface area contributed by atoms with E-state index in [2.05, 4.69) is 6.58 Å². The Labute approximate surface area is 88.9 Å². The Morgan fingerprint density at radius 3 is 2.33 bits per heavy atom. The monoisotopic (exact) mass is 208 g/mol. The van der Waals surface area contributed by atoms with Crippen LogP contribution in [0.15, 0.2) is 49.1 Å². The molecule has 0 nitrogen and oxygen atoms in total. The summed E-state index contributed by atoms with van der Waals surface area (Å²) in [5.74, 6) is -2.93. The molecule has 0 aliphatic carbocycles. The zero-order valence-electron chi connectivity index (χ0n) is 8.71. The van der Waals surface area contributed by atoms with Crippen LogP contribution in [0.3, 0.4) is 0 Å². The average Bonchev–Trinajstić information content (AvgIpc) is 2.27. The van der Waals surface area contributed by atoms with Crippen LogP contribution in [0.4, 0.5) is 8.78 Å². The van der Waals surface area contributed by atoms with E-state index < -0.39 is 5.92 Å². The summed E-state index contributed by atoms with van der Waals surface area (Å²) in [5, 5.41) is 0. The van der Waals surface area contributed by atoms with Crippen LogP contribution in [-0.4, -0.2) is 0 Å². The lowest BCUT2D eigenvalue weighted by atomic mass is 10.0. The number of rotatable bonds is 4. The number of hydrogen-bond acceptors (Lipinski definition) is 0. The number of hydrogen-bond donors (Lipinski definition) is 0. The normalized spacial score (nSPS) is 11.9. The van der Waals surface area contributed by atoms with Crippen molar-refractivity contribution in [3.05, 3.63) is 60.2 Å². The van der Waals surface area contributed by atoms with E-state index in [0.717, 1.165) is 12.0 Å². The smallest absolute Gasteiger partial charge is 0.197 e. The van der Waals surface area contributed by atoms with Crippen LogP contribution in [0.5, 0.6) is 0 Å². The number of allylic oxidation sites excluding steroid dienone is 3. The number of benzene rings is 1. The molecular weight excluding hydrogens is 194 g/mol. The van der Waals surface area contributed by atoms with Gasteiger partial charge in [0.25, 0.3) is 5.92 Å².